The molecular weight excluding hydrogens is 374 g/mol. The second kappa shape index (κ2) is 9.61. The van der Waals surface area contributed by atoms with Crippen LogP contribution in [0.5, 0.6) is 0 Å². The predicted molar refractivity (Wildman–Crippen MR) is 109 cm³/mol. The minimum atomic E-state index is -0.493. The molecule has 2 amide bonds. The first-order valence-electron chi connectivity index (χ1n) is 9.24. The van der Waals surface area contributed by atoms with Gasteiger partial charge in [-0.1, -0.05) is 18.2 Å². The van der Waals surface area contributed by atoms with Crippen LogP contribution in [-0.4, -0.2) is 36.0 Å². The van der Waals surface area contributed by atoms with Crippen molar-refractivity contribution in [1.29, 1.82) is 0 Å². The van der Waals surface area contributed by atoms with Crippen molar-refractivity contribution in [2.24, 2.45) is 0 Å². The number of anilines is 1. The number of nitro benzene ring substituents is 1. The highest BCUT2D eigenvalue weighted by atomic mass is 16.6. The standard InChI is InChI=1S/C21H21N3O5/c25-20(10-9-15-4-1-7-18(12-15)24(27)28)23-17-6-2-5-16(13-17)21(26)22-14-19-8-3-11-29-19/h1-2,4-7,9-10,12-13,19H,3,8,11,14H2,(H,22,26)(H,23,25)/b10-9+. The number of benzene rings is 2. The fraction of sp³-hybridized carbons (Fsp3) is 0.238. The third-order valence-electron chi connectivity index (χ3n) is 4.41. The van der Waals surface area contributed by atoms with Gasteiger partial charge in [-0.25, -0.2) is 0 Å². The largest absolute Gasteiger partial charge is 0.376 e. The third-order valence-corrected chi connectivity index (χ3v) is 4.41. The molecule has 150 valence electrons. The quantitative estimate of drug-likeness (QED) is 0.425. The summed E-state index contributed by atoms with van der Waals surface area (Å²) in [6, 6.07) is 12.6. The van der Waals surface area contributed by atoms with Gasteiger partial charge in [0.05, 0.1) is 11.0 Å². The molecule has 2 N–H and O–H groups in total. The van der Waals surface area contributed by atoms with Crippen molar-refractivity contribution in [3.8, 4) is 0 Å². The highest BCUT2D eigenvalue weighted by molar-refractivity contribution is 6.03. The lowest BCUT2D eigenvalue weighted by atomic mass is 10.1. The zero-order valence-corrected chi connectivity index (χ0v) is 15.7. The molecule has 0 bridgehead atoms. The van der Waals surface area contributed by atoms with E-state index in [9.17, 15) is 19.7 Å². The maximum Gasteiger partial charge on any atom is 0.270 e. The summed E-state index contributed by atoms with van der Waals surface area (Å²) >= 11 is 0. The normalized spacial score (nSPS) is 15.9. The van der Waals surface area contributed by atoms with Crippen LogP contribution in [0, 0.1) is 10.1 Å². The van der Waals surface area contributed by atoms with Gasteiger partial charge in [-0.3, -0.25) is 19.7 Å². The average molecular weight is 395 g/mol. The van der Waals surface area contributed by atoms with Gasteiger partial charge in [0.15, 0.2) is 0 Å². The number of hydrogen-bond acceptors (Lipinski definition) is 5. The predicted octanol–water partition coefficient (Wildman–Crippen LogP) is 3.16. The molecule has 1 fully saturated rings. The molecule has 1 aliphatic heterocycles. The maximum atomic E-state index is 12.3. The number of carbonyl (C=O) groups is 2. The monoisotopic (exact) mass is 395 g/mol. The first-order valence-corrected chi connectivity index (χ1v) is 9.24. The number of amides is 2. The molecule has 8 heteroatoms. The van der Waals surface area contributed by atoms with Gasteiger partial charge in [0, 0.05) is 42.6 Å². The van der Waals surface area contributed by atoms with Crippen LogP contribution in [0.15, 0.2) is 54.6 Å². The number of hydrogen-bond donors (Lipinski definition) is 2. The Morgan fingerprint density at radius 1 is 1.21 bits per heavy atom. The molecule has 29 heavy (non-hydrogen) atoms. The Kier molecular flexibility index (Phi) is 6.70. The van der Waals surface area contributed by atoms with Crippen molar-refractivity contribution in [1.82, 2.24) is 5.32 Å². The Morgan fingerprint density at radius 2 is 2.03 bits per heavy atom. The number of rotatable bonds is 7. The maximum absolute atomic E-state index is 12.3. The van der Waals surface area contributed by atoms with Gasteiger partial charge in [-0.2, -0.15) is 0 Å². The first-order chi connectivity index (χ1) is 14.0. The van der Waals surface area contributed by atoms with Crippen LogP contribution < -0.4 is 10.6 Å². The molecular formula is C21H21N3O5. The van der Waals surface area contributed by atoms with Crippen LogP contribution in [0.3, 0.4) is 0 Å². The summed E-state index contributed by atoms with van der Waals surface area (Å²) < 4.78 is 5.48. The van der Waals surface area contributed by atoms with E-state index in [1.807, 2.05) is 0 Å². The molecule has 0 saturated carbocycles. The number of nitrogens with zero attached hydrogens (tertiary/aromatic N) is 1. The molecule has 1 heterocycles. The molecule has 2 aromatic carbocycles. The fourth-order valence-electron chi connectivity index (χ4n) is 2.95. The molecule has 1 aliphatic rings. The Hall–Kier alpha value is -3.52. The fourth-order valence-corrected chi connectivity index (χ4v) is 2.95. The molecule has 3 rings (SSSR count). The molecule has 0 radical (unpaired) electrons. The van der Waals surface area contributed by atoms with Gasteiger partial charge in [-0.15, -0.1) is 0 Å². The van der Waals surface area contributed by atoms with E-state index >= 15 is 0 Å². The number of nitro groups is 1. The highest BCUT2D eigenvalue weighted by Gasteiger charge is 2.16. The molecule has 2 aromatic rings. The number of carbonyl (C=O) groups excluding carboxylic acids is 2. The number of non-ortho nitro benzene ring substituents is 1. The number of ether oxygens (including phenoxy) is 1. The van der Waals surface area contributed by atoms with Gasteiger partial charge in [0.25, 0.3) is 11.6 Å². The summed E-state index contributed by atoms with van der Waals surface area (Å²) in [6.45, 7) is 1.19. The SMILES string of the molecule is O=C(/C=C/c1cccc([N+](=O)[O-])c1)Nc1cccc(C(=O)NCC2CCCO2)c1. The van der Waals surface area contributed by atoms with Gasteiger partial charge in [-0.05, 0) is 42.7 Å². The smallest absolute Gasteiger partial charge is 0.270 e. The van der Waals surface area contributed by atoms with Crippen LogP contribution >= 0.6 is 0 Å². The lowest BCUT2D eigenvalue weighted by Gasteiger charge is -2.11. The Morgan fingerprint density at radius 3 is 2.79 bits per heavy atom. The Balaban J connectivity index is 1.57. The molecule has 1 unspecified atom stereocenters. The van der Waals surface area contributed by atoms with Gasteiger partial charge in [0.2, 0.25) is 5.91 Å². The lowest BCUT2D eigenvalue weighted by Crippen LogP contribution is -2.31. The van der Waals surface area contributed by atoms with Crippen molar-refractivity contribution in [2.45, 2.75) is 18.9 Å². The highest BCUT2D eigenvalue weighted by Crippen LogP contribution is 2.15. The van der Waals surface area contributed by atoms with E-state index in [0.717, 1.165) is 19.4 Å². The van der Waals surface area contributed by atoms with E-state index in [2.05, 4.69) is 10.6 Å². The van der Waals surface area contributed by atoms with E-state index in [1.54, 1.807) is 36.4 Å². The topological polar surface area (TPSA) is 111 Å². The summed E-state index contributed by atoms with van der Waals surface area (Å²) in [7, 11) is 0. The van der Waals surface area contributed by atoms with Crippen molar-refractivity contribution >= 4 is 29.3 Å². The zero-order valence-electron chi connectivity index (χ0n) is 15.7. The average Bonchev–Trinajstić information content (AvgIpc) is 3.24. The summed E-state index contributed by atoms with van der Waals surface area (Å²) in [5, 5.41) is 16.3. The lowest BCUT2D eigenvalue weighted by molar-refractivity contribution is -0.384. The molecule has 1 atom stereocenters. The minimum absolute atomic E-state index is 0.0470. The Labute approximate surface area is 167 Å². The van der Waals surface area contributed by atoms with E-state index < -0.39 is 10.8 Å². The van der Waals surface area contributed by atoms with E-state index in [-0.39, 0.29) is 17.7 Å². The van der Waals surface area contributed by atoms with Crippen LogP contribution in [0.2, 0.25) is 0 Å². The van der Waals surface area contributed by atoms with Crippen molar-refractivity contribution in [3.63, 3.8) is 0 Å². The molecule has 8 nitrogen and oxygen atoms in total. The number of nitrogens with one attached hydrogen (secondary N) is 2. The van der Waals surface area contributed by atoms with Gasteiger partial charge in [0.1, 0.15) is 0 Å². The van der Waals surface area contributed by atoms with E-state index in [4.69, 9.17) is 4.74 Å². The van der Waals surface area contributed by atoms with Crippen molar-refractivity contribution < 1.29 is 19.2 Å². The van der Waals surface area contributed by atoms with Crippen LogP contribution in [0.4, 0.5) is 11.4 Å². The minimum Gasteiger partial charge on any atom is -0.376 e. The summed E-state index contributed by atoms with van der Waals surface area (Å²) in [5.74, 6) is -0.642. The Bertz CT molecular complexity index is 935. The molecule has 0 spiro atoms. The third kappa shape index (κ3) is 5.98. The summed E-state index contributed by atoms with van der Waals surface area (Å²) in [5.41, 5.74) is 1.40. The molecule has 0 aliphatic carbocycles. The van der Waals surface area contributed by atoms with Crippen molar-refractivity contribution in [2.75, 3.05) is 18.5 Å². The zero-order chi connectivity index (χ0) is 20.6. The van der Waals surface area contributed by atoms with Crippen molar-refractivity contribution in [3.05, 3.63) is 75.8 Å². The second-order valence-corrected chi connectivity index (χ2v) is 6.60. The van der Waals surface area contributed by atoms with Crippen LogP contribution in [0.25, 0.3) is 6.08 Å². The van der Waals surface area contributed by atoms with Gasteiger partial charge >= 0.3 is 0 Å². The second-order valence-electron chi connectivity index (χ2n) is 6.60. The first kappa shape index (κ1) is 20.2. The van der Waals surface area contributed by atoms with E-state index in [0.29, 0.717) is 23.4 Å². The summed E-state index contributed by atoms with van der Waals surface area (Å²) in [4.78, 5) is 34.7. The molecule has 0 aromatic heterocycles. The van der Waals surface area contributed by atoms with E-state index in [1.165, 1.54) is 24.3 Å². The molecule has 1 saturated heterocycles. The van der Waals surface area contributed by atoms with Crippen LogP contribution in [0.1, 0.15) is 28.8 Å². The van der Waals surface area contributed by atoms with Crippen LogP contribution in [-0.2, 0) is 9.53 Å². The summed E-state index contributed by atoms with van der Waals surface area (Å²) in [6.07, 6.45) is 4.77. The van der Waals surface area contributed by atoms with Gasteiger partial charge < -0.3 is 15.4 Å².